The van der Waals surface area contributed by atoms with Crippen LogP contribution < -0.4 is 65.9 Å². The molecule has 0 aliphatic rings. The van der Waals surface area contributed by atoms with Crippen molar-refractivity contribution in [1.29, 1.82) is 0 Å². The van der Waals surface area contributed by atoms with Crippen molar-refractivity contribution >= 4 is 47.3 Å². The fourth-order valence-corrected chi connectivity index (χ4v) is 6.82. The summed E-state index contributed by atoms with van der Waals surface area (Å²) in [4.78, 5) is 114. The molecule has 1 aromatic rings. The maximum Gasteiger partial charge on any atom is 0.326 e. The van der Waals surface area contributed by atoms with E-state index in [1.165, 1.54) is 12.5 Å². The standard InChI is InChI=1S/C43H80N14O9/c1-5-27(4)36(42(64)57-35(26(2)3)41(63)54-32(43(65)66)17-9-13-21-47)56-34(58)24-50-38(60)30(15-7-11-19-45)52-39(61)31(16-8-12-20-46)53-40(62)33(22-28-23-49-25-51-28)55-37(59)29(48)14-6-10-18-44/h23,25-27,29-33,35-36H,5-22,24,44-48H2,1-4H3,(H,49,51)(H,50,60)(H,52,61)(H,53,62)(H,54,63)(H,55,59)(H,56,58)(H,57,64)(H,65,66)/t27-,29-,30-,31-,32-,33-,35-,36-/m0/s1. The van der Waals surface area contributed by atoms with Crippen LogP contribution in [-0.2, 0) is 44.8 Å². The van der Waals surface area contributed by atoms with Crippen LogP contribution in [0.3, 0.4) is 0 Å². The zero-order chi connectivity index (χ0) is 49.6. The lowest BCUT2D eigenvalue weighted by atomic mass is 9.96. The minimum absolute atomic E-state index is 0.00673. The number of nitrogens with one attached hydrogen (secondary N) is 8. The second kappa shape index (κ2) is 33.3. The molecule has 1 rings (SSSR count). The molecule has 1 heterocycles. The van der Waals surface area contributed by atoms with Gasteiger partial charge in [-0.2, -0.15) is 0 Å². The summed E-state index contributed by atoms with van der Waals surface area (Å²) in [5.74, 6) is -6.85. The molecule has 0 aliphatic heterocycles. The lowest BCUT2D eigenvalue weighted by molar-refractivity contribution is -0.143. The average molecular weight is 937 g/mol. The second-order valence-corrected chi connectivity index (χ2v) is 17.0. The monoisotopic (exact) mass is 937 g/mol. The number of carboxylic acid groups (broad SMARTS) is 1. The normalized spacial score (nSPS) is 14.9. The molecule has 376 valence electrons. The summed E-state index contributed by atoms with van der Waals surface area (Å²) in [6.45, 7) is 7.77. The van der Waals surface area contributed by atoms with Crippen molar-refractivity contribution in [3.05, 3.63) is 18.2 Å². The summed E-state index contributed by atoms with van der Waals surface area (Å²) in [7, 11) is 0. The van der Waals surface area contributed by atoms with Gasteiger partial charge in [-0.3, -0.25) is 33.6 Å². The summed E-state index contributed by atoms with van der Waals surface area (Å²) >= 11 is 0. The number of amides is 7. The molecule has 1 aromatic heterocycles. The van der Waals surface area contributed by atoms with Gasteiger partial charge in [0.2, 0.25) is 41.4 Å². The number of aliphatic carboxylic acids is 1. The fourth-order valence-electron chi connectivity index (χ4n) is 6.82. The number of carbonyl (C=O) groups is 8. The van der Waals surface area contributed by atoms with Gasteiger partial charge in [0.15, 0.2) is 0 Å². The summed E-state index contributed by atoms with van der Waals surface area (Å²) in [5, 5.41) is 28.2. The average Bonchev–Trinajstić information content (AvgIpc) is 3.80. The number of nitrogens with zero attached hydrogens (tertiary/aromatic N) is 1. The molecule has 23 heteroatoms. The highest BCUT2D eigenvalue weighted by Crippen LogP contribution is 2.12. The van der Waals surface area contributed by atoms with E-state index >= 15 is 0 Å². The molecular formula is C43H80N14O9. The molecular weight excluding hydrogens is 857 g/mol. The number of hydrogen-bond donors (Lipinski definition) is 14. The predicted molar refractivity (Wildman–Crippen MR) is 248 cm³/mol. The van der Waals surface area contributed by atoms with Gasteiger partial charge in [0.25, 0.3) is 0 Å². The number of carboxylic acids is 1. The van der Waals surface area contributed by atoms with E-state index in [0.29, 0.717) is 96.1 Å². The second-order valence-electron chi connectivity index (χ2n) is 17.0. The molecule has 19 N–H and O–H groups in total. The molecule has 0 saturated heterocycles. The van der Waals surface area contributed by atoms with E-state index in [4.69, 9.17) is 28.7 Å². The lowest BCUT2D eigenvalue weighted by Crippen LogP contribution is -2.59. The Kier molecular flexibility index (Phi) is 29.6. The van der Waals surface area contributed by atoms with Gasteiger partial charge in [0, 0.05) is 18.3 Å². The van der Waals surface area contributed by atoms with Gasteiger partial charge in [0.05, 0.1) is 18.9 Å². The first-order valence-corrected chi connectivity index (χ1v) is 23.3. The van der Waals surface area contributed by atoms with Gasteiger partial charge in [-0.15, -0.1) is 0 Å². The van der Waals surface area contributed by atoms with E-state index in [2.05, 4.69) is 47.2 Å². The molecule has 23 nitrogen and oxygen atoms in total. The molecule has 66 heavy (non-hydrogen) atoms. The smallest absolute Gasteiger partial charge is 0.326 e. The van der Waals surface area contributed by atoms with Crippen molar-refractivity contribution < 1.29 is 43.5 Å². The first-order chi connectivity index (χ1) is 31.4. The summed E-state index contributed by atoms with van der Waals surface area (Å²) in [6, 6.07) is -7.84. The van der Waals surface area contributed by atoms with Gasteiger partial charge in [-0.1, -0.05) is 40.5 Å². The zero-order valence-corrected chi connectivity index (χ0v) is 39.3. The summed E-state index contributed by atoms with van der Waals surface area (Å²) in [6.07, 6.45) is 8.41. The van der Waals surface area contributed by atoms with Crippen LogP contribution >= 0.6 is 0 Å². The molecule has 0 spiro atoms. The van der Waals surface area contributed by atoms with Crippen molar-refractivity contribution in [2.75, 3.05) is 32.7 Å². The van der Waals surface area contributed by atoms with Gasteiger partial charge in [0.1, 0.15) is 36.3 Å². The van der Waals surface area contributed by atoms with Crippen molar-refractivity contribution in [3.8, 4) is 0 Å². The summed E-state index contributed by atoms with van der Waals surface area (Å²) in [5.41, 5.74) is 29.2. The number of carbonyl (C=O) groups excluding carboxylic acids is 7. The maximum absolute atomic E-state index is 14.0. The van der Waals surface area contributed by atoms with E-state index in [0.717, 1.165) is 0 Å². The third-order valence-corrected chi connectivity index (χ3v) is 11.1. The zero-order valence-electron chi connectivity index (χ0n) is 39.3. The van der Waals surface area contributed by atoms with Gasteiger partial charge in [-0.25, -0.2) is 9.78 Å². The van der Waals surface area contributed by atoms with E-state index in [-0.39, 0.29) is 25.7 Å². The Morgan fingerprint density at radius 3 is 1.55 bits per heavy atom. The highest BCUT2D eigenvalue weighted by Gasteiger charge is 2.34. The number of nitrogens with two attached hydrogens (primary N) is 5. The van der Waals surface area contributed by atoms with Crippen LogP contribution in [0, 0.1) is 11.8 Å². The fraction of sp³-hybridized carbons (Fsp3) is 0.744. The molecule has 8 atom stereocenters. The van der Waals surface area contributed by atoms with Crippen LogP contribution in [0.2, 0.25) is 0 Å². The molecule has 7 amide bonds. The molecule has 0 bridgehead atoms. The number of unbranched alkanes of at least 4 members (excludes halogenated alkanes) is 4. The Morgan fingerprint density at radius 2 is 1.06 bits per heavy atom. The van der Waals surface area contributed by atoms with E-state index in [1.54, 1.807) is 20.8 Å². The van der Waals surface area contributed by atoms with Crippen LogP contribution in [0.15, 0.2) is 12.5 Å². The lowest BCUT2D eigenvalue weighted by Gasteiger charge is -2.29. The Hall–Kier alpha value is -5.23. The Morgan fingerprint density at radius 1 is 0.591 bits per heavy atom. The van der Waals surface area contributed by atoms with Gasteiger partial charge >= 0.3 is 5.97 Å². The third-order valence-electron chi connectivity index (χ3n) is 11.1. The van der Waals surface area contributed by atoms with Crippen LogP contribution in [0.5, 0.6) is 0 Å². The molecule has 0 fully saturated rings. The quantitative estimate of drug-likeness (QED) is 0.0312. The van der Waals surface area contributed by atoms with E-state index < -0.39 is 108 Å². The van der Waals surface area contributed by atoms with Crippen LogP contribution in [0.1, 0.15) is 117 Å². The topological polar surface area (TPSA) is 400 Å². The minimum Gasteiger partial charge on any atom is -0.480 e. The van der Waals surface area contributed by atoms with Crippen LogP contribution in [-0.4, -0.2) is 137 Å². The van der Waals surface area contributed by atoms with Crippen molar-refractivity contribution in [3.63, 3.8) is 0 Å². The van der Waals surface area contributed by atoms with Crippen LogP contribution in [0.25, 0.3) is 0 Å². The predicted octanol–water partition coefficient (Wildman–Crippen LogP) is -2.39. The van der Waals surface area contributed by atoms with Crippen molar-refractivity contribution in [1.82, 2.24) is 47.2 Å². The van der Waals surface area contributed by atoms with Crippen molar-refractivity contribution in [2.45, 2.75) is 160 Å². The number of hydrogen-bond acceptors (Lipinski definition) is 14. The molecule has 0 radical (unpaired) electrons. The Balaban J connectivity index is 3.20. The molecule has 0 unspecified atom stereocenters. The van der Waals surface area contributed by atoms with Gasteiger partial charge in [-0.05, 0) is 109 Å². The highest BCUT2D eigenvalue weighted by molar-refractivity contribution is 5.97. The Labute approximate surface area is 388 Å². The number of rotatable bonds is 36. The molecule has 0 saturated carbocycles. The first kappa shape index (κ1) is 58.8. The van der Waals surface area contributed by atoms with E-state index in [1.807, 2.05) is 6.92 Å². The minimum atomic E-state index is -1.22. The third kappa shape index (κ3) is 22.8. The Bertz CT molecular complexity index is 1630. The molecule has 0 aromatic carbocycles. The molecule has 0 aliphatic carbocycles. The van der Waals surface area contributed by atoms with Gasteiger partial charge < -0.3 is 76.0 Å². The van der Waals surface area contributed by atoms with Crippen molar-refractivity contribution in [2.24, 2.45) is 40.5 Å². The number of H-pyrrole nitrogens is 1. The maximum atomic E-state index is 14.0. The summed E-state index contributed by atoms with van der Waals surface area (Å²) < 4.78 is 0. The van der Waals surface area contributed by atoms with Crippen LogP contribution in [0.4, 0.5) is 0 Å². The SMILES string of the molecule is CC[C@H](C)[C@H](NC(=O)CNC(=O)[C@H](CCCCN)NC(=O)[C@H](CCCCN)NC(=O)[C@H](Cc1cnc[nH]1)NC(=O)[C@@H](N)CCCCN)C(=O)N[C@H](C(=O)N[C@@H](CCCCN)C(=O)O)C(C)C. The van der Waals surface area contributed by atoms with E-state index in [9.17, 15) is 43.5 Å². The number of imidazole rings is 1. The number of aromatic nitrogens is 2. The highest BCUT2D eigenvalue weighted by atomic mass is 16.4. The number of aromatic amines is 1. The largest absolute Gasteiger partial charge is 0.480 e. The first-order valence-electron chi connectivity index (χ1n) is 23.3.